The Morgan fingerprint density at radius 1 is 1.28 bits per heavy atom. The van der Waals surface area contributed by atoms with Crippen LogP contribution in [0, 0.1) is 6.92 Å². The van der Waals surface area contributed by atoms with E-state index in [1.807, 2.05) is 13.0 Å². The SMILES string of the molecule is Cc1cccc(S(=O)(=O)N2CCNCC2)c1Br.Cl. The lowest BCUT2D eigenvalue weighted by atomic mass is 10.2. The molecule has 1 saturated heterocycles. The average molecular weight is 356 g/mol. The van der Waals surface area contributed by atoms with Gasteiger partial charge in [0.2, 0.25) is 10.0 Å². The topological polar surface area (TPSA) is 49.4 Å². The maximum Gasteiger partial charge on any atom is 0.244 e. The second-order valence-corrected chi connectivity index (χ2v) is 6.74. The van der Waals surface area contributed by atoms with Gasteiger partial charge < -0.3 is 5.32 Å². The number of hydrogen-bond donors (Lipinski definition) is 1. The number of nitrogens with one attached hydrogen (secondary N) is 1. The number of aryl methyl sites for hydroxylation is 1. The summed E-state index contributed by atoms with van der Waals surface area (Å²) in [7, 11) is -3.37. The Balaban J connectivity index is 0.00000162. The molecule has 0 saturated carbocycles. The largest absolute Gasteiger partial charge is 0.314 e. The van der Waals surface area contributed by atoms with E-state index in [4.69, 9.17) is 0 Å². The van der Waals surface area contributed by atoms with Crippen LogP contribution in [0.3, 0.4) is 0 Å². The lowest BCUT2D eigenvalue weighted by molar-refractivity contribution is 0.360. The minimum absolute atomic E-state index is 0. The molecule has 18 heavy (non-hydrogen) atoms. The lowest BCUT2D eigenvalue weighted by Gasteiger charge is -2.27. The van der Waals surface area contributed by atoms with Crippen LogP contribution in [0.2, 0.25) is 0 Å². The first-order valence-electron chi connectivity index (χ1n) is 5.49. The zero-order valence-electron chi connectivity index (χ0n) is 10.0. The van der Waals surface area contributed by atoms with Crippen molar-refractivity contribution in [2.24, 2.45) is 0 Å². The molecular formula is C11H16BrClN2O2S. The van der Waals surface area contributed by atoms with E-state index in [-0.39, 0.29) is 12.4 Å². The molecule has 0 aliphatic carbocycles. The molecule has 0 spiro atoms. The van der Waals surface area contributed by atoms with Crippen molar-refractivity contribution in [1.29, 1.82) is 0 Å². The van der Waals surface area contributed by atoms with Gasteiger partial charge in [-0.3, -0.25) is 0 Å². The van der Waals surface area contributed by atoms with Crippen molar-refractivity contribution in [3.05, 3.63) is 28.2 Å². The molecule has 0 amide bonds. The van der Waals surface area contributed by atoms with Gasteiger partial charge in [0.1, 0.15) is 0 Å². The molecule has 1 aliphatic heterocycles. The molecule has 1 aliphatic rings. The van der Waals surface area contributed by atoms with Gasteiger partial charge in [-0.05, 0) is 34.5 Å². The molecular weight excluding hydrogens is 340 g/mol. The van der Waals surface area contributed by atoms with Crippen molar-refractivity contribution in [3.8, 4) is 0 Å². The summed E-state index contributed by atoms with van der Waals surface area (Å²) in [6.07, 6.45) is 0. The van der Waals surface area contributed by atoms with Crippen LogP contribution >= 0.6 is 28.3 Å². The summed E-state index contributed by atoms with van der Waals surface area (Å²) >= 11 is 3.36. The van der Waals surface area contributed by atoms with E-state index in [0.29, 0.717) is 35.5 Å². The molecule has 1 fully saturated rings. The second kappa shape index (κ2) is 6.34. The molecule has 102 valence electrons. The summed E-state index contributed by atoms with van der Waals surface area (Å²) in [5, 5.41) is 3.15. The Kier molecular flexibility index (Phi) is 5.61. The Morgan fingerprint density at radius 3 is 2.50 bits per heavy atom. The van der Waals surface area contributed by atoms with Crippen LogP contribution in [-0.4, -0.2) is 38.9 Å². The summed E-state index contributed by atoms with van der Waals surface area (Å²) in [6.45, 7) is 4.37. The van der Waals surface area contributed by atoms with Gasteiger partial charge in [-0.15, -0.1) is 12.4 Å². The van der Waals surface area contributed by atoms with Gasteiger partial charge in [-0.2, -0.15) is 4.31 Å². The zero-order chi connectivity index (χ0) is 12.5. The molecule has 0 atom stereocenters. The summed E-state index contributed by atoms with van der Waals surface area (Å²) in [5.74, 6) is 0. The fourth-order valence-electron chi connectivity index (χ4n) is 1.84. The highest BCUT2D eigenvalue weighted by atomic mass is 79.9. The minimum Gasteiger partial charge on any atom is -0.314 e. The third kappa shape index (κ3) is 3.05. The van der Waals surface area contributed by atoms with Crippen molar-refractivity contribution in [3.63, 3.8) is 0 Å². The molecule has 0 bridgehead atoms. The minimum atomic E-state index is -3.37. The van der Waals surface area contributed by atoms with E-state index in [0.717, 1.165) is 5.56 Å². The number of halogens is 2. The van der Waals surface area contributed by atoms with Crippen molar-refractivity contribution in [1.82, 2.24) is 9.62 Å². The van der Waals surface area contributed by atoms with Gasteiger partial charge in [-0.25, -0.2) is 8.42 Å². The Hall–Kier alpha value is -0.140. The van der Waals surface area contributed by atoms with Crippen molar-refractivity contribution < 1.29 is 8.42 Å². The number of piperazine rings is 1. The molecule has 1 aromatic rings. The summed E-state index contributed by atoms with van der Waals surface area (Å²) in [6, 6.07) is 5.31. The first-order valence-corrected chi connectivity index (χ1v) is 7.73. The molecule has 1 aromatic carbocycles. The standard InChI is InChI=1S/C11H15BrN2O2S.ClH/c1-9-3-2-4-10(11(9)12)17(15,16)14-7-5-13-6-8-14;/h2-4,13H,5-8H2,1H3;1H. The van der Waals surface area contributed by atoms with Gasteiger partial charge in [0.05, 0.1) is 4.90 Å². The highest BCUT2D eigenvalue weighted by Gasteiger charge is 2.27. The van der Waals surface area contributed by atoms with Gasteiger partial charge in [0.15, 0.2) is 0 Å². The highest BCUT2D eigenvalue weighted by molar-refractivity contribution is 9.10. The zero-order valence-corrected chi connectivity index (χ0v) is 13.2. The van der Waals surface area contributed by atoms with Crippen LogP contribution in [0.25, 0.3) is 0 Å². The van der Waals surface area contributed by atoms with Crippen LogP contribution in [0.5, 0.6) is 0 Å². The van der Waals surface area contributed by atoms with Crippen LogP contribution in [-0.2, 0) is 10.0 Å². The number of sulfonamides is 1. The first-order chi connectivity index (χ1) is 8.03. The smallest absolute Gasteiger partial charge is 0.244 e. The summed E-state index contributed by atoms with van der Waals surface area (Å²) in [5.41, 5.74) is 0.932. The lowest BCUT2D eigenvalue weighted by Crippen LogP contribution is -2.46. The van der Waals surface area contributed by atoms with Crippen LogP contribution in [0.4, 0.5) is 0 Å². The predicted octanol–water partition coefficient (Wildman–Crippen LogP) is 1.77. The molecule has 1 heterocycles. The van der Waals surface area contributed by atoms with Gasteiger partial charge >= 0.3 is 0 Å². The normalized spacial score (nSPS) is 17.2. The van der Waals surface area contributed by atoms with Gasteiger partial charge in [0, 0.05) is 30.7 Å². The van der Waals surface area contributed by atoms with E-state index in [1.165, 1.54) is 4.31 Å². The fourth-order valence-corrected chi connectivity index (χ4v) is 4.30. The molecule has 0 unspecified atom stereocenters. The Morgan fingerprint density at radius 2 is 1.89 bits per heavy atom. The van der Waals surface area contributed by atoms with Crippen molar-refractivity contribution >= 4 is 38.4 Å². The highest BCUT2D eigenvalue weighted by Crippen LogP contribution is 2.27. The Bertz CT molecular complexity index is 516. The molecule has 0 aromatic heterocycles. The van der Waals surface area contributed by atoms with Crippen molar-refractivity contribution in [2.75, 3.05) is 26.2 Å². The van der Waals surface area contributed by atoms with Crippen LogP contribution < -0.4 is 5.32 Å². The van der Waals surface area contributed by atoms with Gasteiger partial charge in [0.25, 0.3) is 0 Å². The number of hydrogen-bond acceptors (Lipinski definition) is 3. The summed E-state index contributed by atoms with van der Waals surface area (Å²) < 4.78 is 27.1. The third-order valence-corrected chi connectivity index (χ3v) is 6.11. The van der Waals surface area contributed by atoms with E-state index in [1.54, 1.807) is 12.1 Å². The van der Waals surface area contributed by atoms with E-state index in [9.17, 15) is 8.42 Å². The quantitative estimate of drug-likeness (QED) is 0.879. The second-order valence-electron chi connectivity index (χ2n) is 4.04. The van der Waals surface area contributed by atoms with E-state index in [2.05, 4.69) is 21.2 Å². The van der Waals surface area contributed by atoms with Crippen LogP contribution in [0.15, 0.2) is 27.6 Å². The number of rotatable bonds is 2. The summed E-state index contributed by atoms with van der Waals surface area (Å²) in [4.78, 5) is 0.361. The Labute approximate surface area is 122 Å². The molecule has 0 radical (unpaired) electrons. The fraction of sp³-hybridized carbons (Fsp3) is 0.455. The monoisotopic (exact) mass is 354 g/mol. The number of nitrogens with zero attached hydrogens (tertiary/aromatic N) is 1. The third-order valence-electron chi connectivity index (χ3n) is 2.85. The molecule has 1 N–H and O–H groups in total. The molecule has 2 rings (SSSR count). The predicted molar refractivity (Wildman–Crippen MR) is 77.8 cm³/mol. The molecule has 7 heteroatoms. The van der Waals surface area contributed by atoms with E-state index < -0.39 is 10.0 Å². The van der Waals surface area contributed by atoms with Crippen molar-refractivity contribution in [2.45, 2.75) is 11.8 Å². The van der Waals surface area contributed by atoms with E-state index >= 15 is 0 Å². The maximum atomic E-state index is 12.4. The van der Waals surface area contributed by atoms with Crippen LogP contribution in [0.1, 0.15) is 5.56 Å². The first kappa shape index (κ1) is 15.9. The molecule has 4 nitrogen and oxygen atoms in total. The number of benzene rings is 1. The van der Waals surface area contributed by atoms with Gasteiger partial charge in [-0.1, -0.05) is 12.1 Å². The average Bonchev–Trinajstić information content (AvgIpc) is 2.33. The maximum absolute atomic E-state index is 12.4.